The lowest BCUT2D eigenvalue weighted by Crippen LogP contribution is -2.26. The summed E-state index contributed by atoms with van der Waals surface area (Å²) in [6.45, 7) is 3.21. The van der Waals surface area contributed by atoms with Crippen LogP contribution in [-0.2, 0) is 13.1 Å². The summed E-state index contributed by atoms with van der Waals surface area (Å²) in [4.78, 5) is 12.9. The second-order valence-electron chi connectivity index (χ2n) is 5.93. The van der Waals surface area contributed by atoms with Crippen LogP contribution in [0.25, 0.3) is 10.9 Å². The van der Waals surface area contributed by atoms with Gasteiger partial charge in [0.15, 0.2) is 0 Å². The Labute approximate surface area is 147 Å². The molecule has 2 aromatic carbocycles. The van der Waals surface area contributed by atoms with Gasteiger partial charge in [-0.25, -0.2) is 0 Å². The molecule has 25 heavy (non-hydrogen) atoms. The van der Waals surface area contributed by atoms with E-state index >= 15 is 0 Å². The highest BCUT2D eigenvalue weighted by Crippen LogP contribution is 2.29. The van der Waals surface area contributed by atoms with Gasteiger partial charge in [0.25, 0.3) is 5.91 Å². The topological polar surface area (TPSA) is 69.3 Å². The van der Waals surface area contributed by atoms with E-state index in [1.165, 1.54) is 0 Å². The van der Waals surface area contributed by atoms with Crippen molar-refractivity contribution in [2.24, 2.45) is 0 Å². The first-order chi connectivity index (χ1) is 12.2. The first-order valence-corrected chi connectivity index (χ1v) is 8.44. The van der Waals surface area contributed by atoms with Crippen LogP contribution in [0.1, 0.15) is 29.4 Å². The SMILES string of the molecule is CCCn1c(C(=O)NCc2ccccc2OC)c(N)c2ccccc21. The van der Waals surface area contributed by atoms with Crippen molar-refractivity contribution in [3.63, 3.8) is 0 Å². The maximum atomic E-state index is 12.9. The number of benzene rings is 2. The summed E-state index contributed by atoms with van der Waals surface area (Å²) in [6.07, 6.45) is 0.922. The largest absolute Gasteiger partial charge is 0.496 e. The van der Waals surface area contributed by atoms with Crippen LogP contribution in [-0.4, -0.2) is 17.6 Å². The Balaban J connectivity index is 1.91. The summed E-state index contributed by atoms with van der Waals surface area (Å²) < 4.78 is 7.34. The highest BCUT2D eigenvalue weighted by Gasteiger charge is 2.20. The number of nitrogens with zero attached hydrogens (tertiary/aromatic N) is 1. The van der Waals surface area contributed by atoms with Gasteiger partial charge in [-0.05, 0) is 18.6 Å². The summed E-state index contributed by atoms with van der Waals surface area (Å²) in [5.74, 6) is 0.581. The number of amides is 1. The Morgan fingerprint density at radius 2 is 1.88 bits per heavy atom. The zero-order valence-electron chi connectivity index (χ0n) is 14.6. The summed E-state index contributed by atoms with van der Waals surface area (Å²) >= 11 is 0. The molecule has 1 amide bonds. The quantitative estimate of drug-likeness (QED) is 0.722. The van der Waals surface area contributed by atoms with Gasteiger partial charge in [0.1, 0.15) is 11.4 Å². The number of methoxy groups -OCH3 is 1. The van der Waals surface area contributed by atoms with E-state index in [1.807, 2.05) is 53.1 Å². The van der Waals surface area contributed by atoms with E-state index in [0.29, 0.717) is 17.9 Å². The maximum Gasteiger partial charge on any atom is 0.270 e. The van der Waals surface area contributed by atoms with Gasteiger partial charge in [0, 0.05) is 24.0 Å². The average molecular weight is 337 g/mol. The highest BCUT2D eigenvalue weighted by molar-refractivity contribution is 6.08. The molecule has 0 atom stereocenters. The van der Waals surface area contributed by atoms with Crippen molar-refractivity contribution in [2.75, 3.05) is 12.8 Å². The number of carbonyl (C=O) groups is 1. The molecule has 130 valence electrons. The number of hydrogen-bond donors (Lipinski definition) is 2. The number of aryl methyl sites for hydroxylation is 1. The lowest BCUT2D eigenvalue weighted by atomic mass is 10.2. The van der Waals surface area contributed by atoms with Gasteiger partial charge < -0.3 is 20.4 Å². The third kappa shape index (κ3) is 3.18. The molecule has 0 radical (unpaired) electrons. The van der Waals surface area contributed by atoms with Crippen LogP contribution in [0.5, 0.6) is 5.75 Å². The van der Waals surface area contributed by atoms with E-state index in [9.17, 15) is 4.79 Å². The summed E-state index contributed by atoms with van der Waals surface area (Å²) in [5, 5.41) is 3.89. The number of nitrogen functional groups attached to an aromatic ring is 1. The molecule has 5 nitrogen and oxygen atoms in total. The fourth-order valence-corrected chi connectivity index (χ4v) is 3.14. The number of rotatable bonds is 6. The molecule has 0 spiro atoms. The predicted octanol–water partition coefficient (Wildman–Crippen LogP) is 3.57. The van der Waals surface area contributed by atoms with Crippen molar-refractivity contribution in [3.05, 3.63) is 59.8 Å². The van der Waals surface area contributed by atoms with E-state index in [0.717, 1.165) is 35.2 Å². The van der Waals surface area contributed by atoms with E-state index in [-0.39, 0.29) is 5.91 Å². The van der Waals surface area contributed by atoms with Gasteiger partial charge in [0.05, 0.1) is 18.3 Å². The van der Waals surface area contributed by atoms with Crippen LogP contribution in [0.15, 0.2) is 48.5 Å². The van der Waals surface area contributed by atoms with Crippen LogP contribution in [0.4, 0.5) is 5.69 Å². The van der Waals surface area contributed by atoms with Gasteiger partial charge in [-0.15, -0.1) is 0 Å². The lowest BCUT2D eigenvalue weighted by molar-refractivity contribution is 0.0942. The number of aromatic nitrogens is 1. The number of para-hydroxylation sites is 2. The molecule has 1 heterocycles. The van der Waals surface area contributed by atoms with Crippen molar-refractivity contribution in [3.8, 4) is 5.75 Å². The van der Waals surface area contributed by atoms with Gasteiger partial charge in [-0.2, -0.15) is 0 Å². The third-order valence-corrected chi connectivity index (χ3v) is 4.30. The van der Waals surface area contributed by atoms with Crippen molar-refractivity contribution >= 4 is 22.5 Å². The Bertz CT molecular complexity index is 899. The van der Waals surface area contributed by atoms with Crippen LogP contribution >= 0.6 is 0 Å². The predicted molar refractivity (Wildman–Crippen MR) is 101 cm³/mol. The van der Waals surface area contributed by atoms with Crippen molar-refractivity contribution in [1.82, 2.24) is 9.88 Å². The fraction of sp³-hybridized carbons (Fsp3) is 0.250. The van der Waals surface area contributed by atoms with Crippen molar-refractivity contribution in [2.45, 2.75) is 26.4 Å². The van der Waals surface area contributed by atoms with Crippen LogP contribution in [0, 0.1) is 0 Å². The minimum absolute atomic E-state index is 0.173. The molecule has 3 aromatic rings. The monoisotopic (exact) mass is 337 g/mol. The summed E-state index contributed by atoms with van der Waals surface area (Å²) in [5.41, 5.74) is 9.26. The molecule has 3 rings (SSSR count). The fourth-order valence-electron chi connectivity index (χ4n) is 3.14. The molecule has 0 unspecified atom stereocenters. The van der Waals surface area contributed by atoms with E-state index < -0.39 is 0 Å². The minimum atomic E-state index is -0.173. The molecule has 0 aliphatic rings. The molecule has 0 fully saturated rings. The highest BCUT2D eigenvalue weighted by atomic mass is 16.5. The number of ether oxygens (including phenoxy) is 1. The standard InChI is InChI=1S/C20H23N3O2/c1-3-12-23-16-10-6-5-9-15(16)18(21)19(23)20(24)22-13-14-8-4-7-11-17(14)25-2/h4-11H,3,12-13,21H2,1-2H3,(H,22,24). The van der Waals surface area contributed by atoms with E-state index in [4.69, 9.17) is 10.5 Å². The molecule has 3 N–H and O–H groups in total. The molecule has 0 bridgehead atoms. The number of anilines is 1. The smallest absolute Gasteiger partial charge is 0.270 e. The lowest BCUT2D eigenvalue weighted by Gasteiger charge is -2.12. The van der Waals surface area contributed by atoms with Crippen LogP contribution in [0.3, 0.4) is 0 Å². The van der Waals surface area contributed by atoms with Crippen molar-refractivity contribution in [1.29, 1.82) is 0 Å². The zero-order chi connectivity index (χ0) is 17.8. The molecule has 0 aliphatic heterocycles. The Kier molecular flexibility index (Phi) is 4.93. The van der Waals surface area contributed by atoms with Gasteiger partial charge in [-0.1, -0.05) is 43.3 Å². The molecule has 0 saturated heterocycles. The summed E-state index contributed by atoms with van der Waals surface area (Å²) in [6, 6.07) is 15.5. The number of fused-ring (bicyclic) bond motifs is 1. The van der Waals surface area contributed by atoms with E-state index in [2.05, 4.69) is 12.2 Å². The third-order valence-electron chi connectivity index (χ3n) is 4.30. The second-order valence-corrected chi connectivity index (χ2v) is 5.93. The first-order valence-electron chi connectivity index (χ1n) is 8.44. The normalized spacial score (nSPS) is 10.8. The molecule has 5 heteroatoms. The maximum absolute atomic E-state index is 12.9. The molecular formula is C20H23N3O2. The van der Waals surface area contributed by atoms with Gasteiger partial charge in [-0.3, -0.25) is 4.79 Å². The number of hydrogen-bond acceptors (Lipinski definition) is 3. The number of nitrogens with one attached hydrogen (secondary N) is 1. The summed E-state index contributed by atoms with van der Waals surface area (Å²) in [7, 11) is 1.62. The Morgan fingerprint density at radius 1 is 1.16 bits per heavy atom. The van der Waals surface area contributed by atoms with Crippen molar-refractivity contribution < 1.29 is 9.53 Å². The minimum Gasteiger partial charge on any atom is -0.496 e. The number of nitrogens with two attached hydrogens (primary N) is 1. The van der Waals surface area contributed by atoms with E-state index in [1.54, 1.807) is 7.11 Å². The molecule has 0 saturated carbocycles. The van der Waals surface area contributed by atoms with Crippen LogP contribution < -0.4 is 15.8 Å². The van der Waals surface area contributed by atoms with Gasteiger partial charge >= 0.3 is 0 Å². The molecular weight excluding hydrogens is 314 g/mol. The van der Waals surface area contributed by atoms with Gasteiger partial charge in [0.2, 0.25) is 0 Å². The molecule has 1 aromatic heterocycles. The zero-order valence-corrected chi connectivity index (χ0v) is 14.6. The average Bonchev–Trinajstić information content (AvgIpc) is 2.93. The number of carbonyl (C=O) groups excluding carboxylic acids is 1. The Morgan fingerprint density at radius 3 is 2.64 bits per heavy atom. The van der Waals surface area contributed by atoms with Crippen LogP contribution in [0.2, 0.25) is 0 Å². The Hall–Kier alpha value is -2.95. The first kappa shape index (κ1) is 16.9. The second kappa shape index (κ2) is 7.30. The molecule has 0 aliphatic carbocycles.